The van der Waals surface area contributed by atoms with Gasteiger partial charge in [-0.2, -0.15) is 0 Å². The van der Waals surface area contributed by atoms with E-state index >= 15 is 4.39 Å². The summed E-state index contributed by atoms with van der Waals surface area (Å²) in [6, 6.07) is 0.957. The van der Waals surface area contributed by atoms with Crippen LogP contribution in [0.4, 0.5) is 10.2 Å². The Kier molecular flexibility index (Phi) is 9.65. The minimum Gasteiger partial charge on any atom is -0.756 e. The molecule has 6 rings (SSSR count). The fourth-order valence-electron chi connectivity index (χ4n) is 4.75. The lowest BCUT2D eigenvalue weighted by Crippen LogP contribution is -2.36. The predicted molar refractivity (Wildman–Crippen MR) is 145 cm³/mol. The molecule has 9 atom stereocenters. The number of aromatic nitrogens is 6. The lowest BCUT2D eigenvalue weighted by Gasteiger charge is -2.30. The summed E-state index contributed by atoms with van der Waals surface area (Å²) in [5, 5.41) is 0. The molecule has 3 fully saturated rings. The average Bonchev–Trinajstić information content (AvgIpc) is 3.58. The number of phosphoric ester groups is 1. The predicted octanol–water partition coefficient (Wildman–Crippen LogP) is -0.478. The van der Waals surface area contributed by atoms with E-state index in [1.807, 2.05) is 4.98 Å². The number of nitrogen functional groups attached to an aromatic ring is 1. The number of fused-ring (bicyclic) bond motifs is 4. The van der Waals surface area contributed by atoms with Crippen molar-refractivity contribution in [3.8, 4) is 0 Å². The van der Waals surface area contributed by atoms with E-state index in [4.69, 9.17) is 45.1 Å². The number of alkyl halides is 1. The van der Waals surface area contributed by atoms with Gasteiger partial charge >= 0.3 is 12.4 Å². The number of ether oxygens (including phenoxy) is 2. The third-order valence-electron chi connectivity index (χ3n) is 6.54. The number of nitrogens with zero attached hydrogens (tertiary/aromatic N) is 5. The molecule has 6 heterocycles. The number of quaternary nitrogens is 1. The average molecular weight is 671 g/mol. The van der Waals surface area contributed by atoms with E-state index in [9.17, 15) is 23.9 Å². The highest BCUT2D eigenvalue weighted by Gasteiger charge is 2.51. The summed E-state index contributed by atoms with van der Waals surface area (Å²) >= 11 is 5.07. The molecule has 3 aromatic rings. The fraction of sp³-hybridized carbons (Fsp3) is 0.526. The van der Waals surface area contributed by atoms with E-state index in [1.165, 1.54) is 17.2 Å². The summed E-state index contributed by atoms with van der Waals surface area (Å²) in [6.45, 7) is -5.44. The Morgan fingerprint density at radius 1 is 1.12 bits per heavy atom. The molecule has 0 aliphatic carbocycles. The first-order valence-electron chi connectivity index (χ1n) is 11.9. The molecule has 24 heteroatoms. The minimum absolute atomic E-state index is 0. The highest BCUT2D eigenvalue weighted by atomic mass is 32.5. The number of phosphoric acid groups is 1. The molecule has 3 aliphatic heterocycles. The molecule has 2 unspecified atom stereocenters. The second-order valence-electron chi connectivity index (χ2n) is 9.22. The van der Waals surface area contributed by atoms with E-state index in [1.54, 1.807) is 0 Å². The van der Waals surface area contributed by atoms with Crippen molar-refractivity contribution in [3.05, 3.63) is 45.8 Å². The zero-order valence-electron chi connectivity index (χ0n) is 22.2. The zero-order valence-corrected chi connectivity index (χ0v) is 24.8. The van der Waals surface area contributed by atoms with Gasteiger partial charge in [0.25, 0.3) is 13.4 Å². The first-order valence-corrected chi connectivity index (χ1v) is 15.9. The van der Waals surface area contributed by atoms with Gasteiger partial charge in [0, 0.05) is 18.7 Å². The van der Waals surface area contributed by atoms with E-state index in [-0.39, 0.29) is 35.7 Å². The van der Waals surface area contributed by atoms with Gasteiger partial charge in [-0.05, 0) is 11.8 Å². The van der Waals surface area contributed by atoms with E-state index in [0.29, 0.717) is 0 Å². The molecule has 0 radical (unpaired) electrons. The van der Waals surface area contributed by atoms with E-state index < -0.39 is 82.0 Å². The van der Waals surface area contributed by atoms with Crippen LogP contribution in [0.2, 0.25) is 0 Å². The van der Waals surface area contributed by atoms with Gasteiger partial charge in [0.05, 0.1) is 25.6 Å². The SMILES string of the molecule is N.Nc1ncnc2c1ncn2[C@@H]1O[C@@H]2COP(O)(=S)O[C@H]3[C@@H](F)[C@H](n4ccc(=O)[nH]c4=O)O[C@@H]3COP(=O)([O-])O[C@@H]1C2.[NH4+]. The normalized spacial score (nSPS) is 36.4. The van der Waals surface area contributed by atoms with Gasteiger partial charge in [0.15, 0.2) is 30.1 Å². The van der Waals surface area contributed by atoms with Gasteiger partial charge in [-0.1, -0.05) is 0 Å². The maximum atomic E-state index is 15.6. The lowest BCUT2D eigenvalue weighted by atomic mass is 10.1. The van der Waals surface area contributed by atoms with Crippen molar-refractivity contribution in [2.75, 3.05) is 18.9 Å². The Morgan fingerprint density at radius 2 is 1.88 bits per heavy atom. The van der Waals surface area contributed by atoms with Crippen LogP contribution in [-0.2, 0) is 43.9 Å². The quantitative estimate of drug-likeness (QED) is 0.215. The number of hydrogen-bond acceptors (Lipinski definition) is 16. The summed E-state index contributed by atoms with van der Waals surface area (Å²) in [5.74, 6) is 0.0851. The molecule has 3 aliphatic rings. The fourth-order valence-corrected chi connectivity index (χ4v) is 7.12. The number of aromatic amines is 1. The van der Waals surface area contributed by atoms with Gasteiger partial charge in [0.2, 0.25) is 0 Å². The van der Waals surface area contributed by atoms with Crippen LogP contribution in [-0.4, -0.2) is 77.8 Å². The smallest absolute Gasteiger partial charge is 0.330 e. The van der Waals surface area contributed by atoms with Gasteiger partial charge < -0.3 is 50.9 Å². The highest BCUT2D eigenvalue weighted by molar-refractivity contribution is 8.07. The topological polar surface area (TPSA) is 312 Å². The second-order valence-corrected chi connectivity index (χ2v) is 13.4. The van der Waals surface area contributed by atoms with Crippen molar-refractivity contribution in [2.45, 2.75) is 49.5 Å². The molecule has 11 N–H and O–H groups in total. The maximum absolute atomic E-state index is 15.6. The molecular formula is C19H28FN9O11P2S. The summed E-state index contributed by atoms with van der Waals surface area (Å²) in [4.78, 5) is 61.4. The Morgan fingerprint density at radius 3 is 2.63 bits per heavy atom. The molecule has 0 amide bonds. The Labute approximate surface area is 245 Å². The molecule has 3 saturated heterocycles. The minimum atomic E-state index is -5.13. The standard InChI is InChI=1S/C19H22FN7O11P2S.2H3N/c20-12-14-10(36-18(12)26-2-1-11(28)25-19(26)29)5-33-39(30,31)37-9-3-8(4-34-40(32,41)38-14)35-17(9)27-7-24-13-15(21)22-6-23-16(13)27;;/h1-2,6-10,12,14,17-18H,3-5H2,(H,30,31)(H,32,41)(H2,21,22,23)(H,25,28,29);2*1H3/t8-,9+,10+,12+,14+,17+,18+,40?;;/m0../s1. The molecule has 20 nitrogen and oxygen atoms in total. The van der Waals surface area contributed by atoms with Gasteiger partial charge in [-0.3, -0.25) is 28.0 Å². The van der Waals surface area contributed by atoms with Gasteiger partial charge in [-0.25, -0.2) is 24.1 Å². The van der Waals surface area contributed by atoms with Crippen molar-refractivity contribution < 1.29 is 46.3 Å². The first kappa shape index (κ1) is 33.3. The lowest BCUT2D eigenvalue weighted by molar-refractivity contribution is -0.235. The molecule has 238 valence electrons. The van der Waals surface area contributed by atoms with Crippen LogP contribution in [0, 0.1) is 0 Å². The molecule has 0 spiro atoms. The van der Waals surface area contributed by atoms with Crippen molar-refractivity contribution in [3.63, 3.8) is 0 Å². The number of anilines is 1. The largest absolute Gasteiger partial charge is 0.756 e. The summed E-state index contributed by atoms with van der Waals surface area (Å²) in [7, 11) is -5.13. The molecule has 0 aromatic carbocycles. The molecule has 43 heavy (non-hydrogen) atoms. The third kappa shape index (κ3) is 6.61. The number of rotatable bonds is 2. The number of nitrogens with two attached hydrogens (primary N) is 1. The van der Waals surface area contributed by atoms with Crippen LogP contribution < -0.4 is 34.2 Å². The first-order chi connectivity index (χ1) is 19.4. The van der Waals surface area contributed by atoms with Crippen molar-refractivity contribution in [1.29, 1.82) is 0 Å². The molecule has 2 bridgehead atoms. The van der Waals surface area contributed by atoms with Crippen LogP contribution in [0.5, 0.6) is 0 Å². The zero-order chi connectivity index (χ0) is 29.1. The number of imidazole rings is 1. The number of H-pyrrole nitrogens is 1. The second kappa shape index (κ2) is 12.4. The highest BCUT2D eigenvalue weighted by Crippen LogP contribution is 2.52. The van der Waals surface area contributed by atoms with Crippen molar-refractivity contribution in [2.24, 2.45) is 0 Å². The van der Waals surface area contributed by atoms with Crippen LogP contribution in [0.25, 0.3) is 11.2 Å². The van der Waals surface area contributed by atoms with E-state index in [2.05, 4.69) is 15.0 Å². The van der Waals surface area contributed by atoms with Gasteiger partial charge in [0.1, 0.15) is 30.2 Å². The molecule has 3 aromatic heterocycles. The third-order valence-corrected chi connectivity index (χ3v) is 9.09. The van der Waals surface area contributed by atoms with Crippen LogP contribution in [0.1, 0.15) is 18.9 Å². The number of nitrogens with one attached hydrogen (secondary N) is 1. The summed E-state index contributed by atoms with van der Waals surface area (Å²) in [6.07, 6.45) is -6.89. The Bertz CT molecular complexity index is 1690. The molecular weight excluding hydrogens is 643 g/mol. The Hall–Kier alpha value is -2.56. The maximum Gasteiger partial charge on any atom is 0.330 e. The van der Waals surface area contributed by atoms with Gasteiger partial charge in [-0.15, -0.1) is 0 Å². The van der Waals surface area contributed by atoms with Crippen molar-refractivity contribution >= 4 is 43.3 Å². The molecule has 0 saturated carbocycles. The Balaban J connectivity index is 0.00000212. The van der Waals surface area contributed by atoms with E-state index in [0.717, 1.165) is 16.8 Å². The van der Waals surface area contributed by atoms with Crippen LogP contribution in [0.3, 0.4) is 0 Å². The van der Waals surface area contributed by atoms with Crippen molar-refractivity contribution in [1.82, 2.24) is 41.4 Å². The summed E-state index contributed by atoms with van der Waals surface area (Å²) in [5.41, 5.74) is 4.58. The van der Waals surface area contributed by atoms with Crippen LogP contribution >= 0.6 is 14.5 Å². The number of hydrogen-bond donors (Lipinski definition) is 5. The number of halogens is 1. The monoisotopic (exact) mass is 671 g/mol. The summed E-state index contributed by atoms with van der Waals surface area (Å²) < 4.78 is 63.3. The van der Waals surface area contributed by atoms with Crippen LogP contribution in [0.15, 0.2) is 34.5 Å².